The van der Waals surface area contributed by atoms with Gasteiger partial charge in [-0.15, -0.1) is 0 Å². The first kappa shape index (κ1) is 19.3. The largest absolute Gasteiger partial charge is 0.481 e. The van der Waals surface area contributed by atoms with Crippen molar-refractivity contribution in [2.45, 2.75) is 58.3 Å². The molecule has 0 bridgehead atoms. The van der Waals surface area contributed by atoms with Gasteiger partial charge in [0.25, 0.3) is 11.8 Å². The van der Waals surface area contributed by atoms with E-state index in [9.17, 15) is 14.4 Å². The molecule has 2 amide bonds. The Balaban J connectivity index is 4.80. The molecule has 122 valence electrons. The lowest BCUT2D eigenvalue weighted by Crippen LogP contribution is -2.51. The van der Waals surface area contributed by atoms with Crippen molar-refractivity contribution in [3.8, 4) is 0 Å². The van der Waals surface area contributed by atoms with Crippen LogP contribution in [0.4, 0.5) is 0 Å². The lowest BCUT2D eigenvalue weighted by Gasteiger charge is -2.27. The van der Waals surface area contributed by atoms with Crippen molar-refractivity contribution in [3.05, 3.63) is 0 Å². The molecule has 0 aliphatic rings. The number of carboxylic acid groups (broad SMARTS) is 1. The molecule has 0 fully saturated rings. The third kappa shape index (κ3) is 6.09. The van der Waals surface area contributed by atoms with E-state index in [-0.39, 0.29) is 6.42 Å². The van der Waals surface area contributed by atoms with Gasteiger partial charge >= 0.3 is 5.97 Å². The van der Waals surface area contributed by atoms with Crippen LogP contribution in [-0.4, -0.2) is 33.3 Å². The van der Waals surface area contributed by atoms with Gasteiger partial charge < -0.3 is 5.11 Å². The Hall–Kier alpha value is -1.67. The maximum Gasteiger partial charge on any atom is 0.304 e. The second kappa shape index (κ2) is 10.1. The molecule has 0 aliphatic carbocycles. The van der Waals surface area contributed by atoms with Crippen LogP contribution in [0.15, 0.2) is 0 Å². The van der Waals surface area contributed by atoms with Gasteiger partial charge in [-0.1, -0.05) is 45.4 Å². The fourth-order valence-electron chi connectivity index (χ4n) is 2.26. The number of carbonyl (C=O) groups excluding carboxylic acids is 2. The molecular weight excluding hydrogens is 280 g/mol. The molecule has 0 atom stereocenters. The highest BCUT2D eigenvalue weighted by Crippen LogP contribution is 2.30. The highest BCUT2D eigenvalue weighted by molar-refractivity contribution is 6.06. The van der Waals surface area contributed by atoms with Crippen LogP contribution in [0.2, 0.25) is 0 Å². The van der Waals surface area contributed by atoms with Gasteiger partial charge in [-0.05, 0) is 6.42 Å². The van der Waals surface area contributed by atoms with Gasteiger partial charge in [-0.2, -0.15) is 0 Å². The Labute approximate surface area is 123 Å². The maximum absolute atomic E-state index is 11.7. The predicted molar refractivity (Wildman–Crippen MR) is 72.5 cm³/mol. The van der Waals surface area contributed by atoms with E-state index >= 15 is 0 Å². The zero-order valence-corrected chi connectivity index (χ0v) is 12.2. The number of nitrogens with one attached hydrogen (secondary N) is 2. The molecule has 0 radical (unpaired) electrons. The summed E-state index contributed by atoms with van der Waals surface area (Å²) >= 11 is 0. The molecule has 0 spiro atoms. The van der Waals surface area contributed by atoms with Crippen LogP contribution in [0, 0.1) is 5.41 Å². The first-order valence-corrected chi connectivity index (χ1v) is 7.05. The summed E-state index contributed by atoms with van der Waals surface area (Å²) in [6.45, 7) is 2.08. The number of hydrogen-bond donors (Lipinski definition) is 5. The minimum Gasteiger partial charge on any atom is -0.481 e. The van der Waals surface area contributed by atoms with Crippen LogP contribution in [0.1, 0.15) is 58.3 Å². The molecule has 5 N–H and O–H groups in total. The summed E-state index contributed by atoms with van der Waals surface area (Å²) in [6, 6.07) is 0. The monoisotopic (exact) mass is 304 g/mol. The first-order chi connectivity index (χ1) is 9.94. The van der Waals surface area contributed by atoms with E-state index in [1.807, 2.05) is 0 Å². The summed E-state index contributed by atoms with van der Waals surface area (Å²) in [6.07, 6.45) is 4.43. The topological polar surface area (TPSA) is 136 Å². The van der Waals surface area contributed by atoms with Gasteiger partial charge in [0.15, 0.2) is 0 Å². The van der Waals surface area contributed by atoms with Crippen molar-refractivity contribution in [2.24, 2.45) is 5.41 Å². The molecule has 0 rings (SSSR count). The lowest BCUT2D eigenvalue weighted by molar-refractivity contribution is -0.160. The molecular formula is C13H24N2O6. The van der Waals surface area contributed by atoms with Gasteiger partial charge in [0.05, 0.1) is 6.42 Å². The molecule has 8 heteroatoms. The molecule has 0 aliphatic heterocycles. The fraction of sp³-hybridized carbons (Fsp3) is 0.769. The number of amides is 2. The number of carboxylic acids is 1. The number of hydrogen-bond acceptors (Lipinski definition) is 5. The fourth-order valence-corrected chi connectivity index (χ4v) is 2.26. The standard InChI is InChI=1S/C13H24N2O6/c1-2-3-4-5-6-7-8-13(9-10(16)17,11(18)14-20)12(19)15-21/h20-21H,2-9H2,1H3,(H,14,18)(H,15,19)(H,16,17). The zero-order chi connectivity index (χ0) is 16.3. The number of aliphatic carboxylic acids is 1. The van der Waals surface area contributed by atoms with E-state index in [0.717, 1.165) is 32.1 Å². The molecule has 0 aromatic rings. The van der Waals surface area contributed by atoms with E-state index in [0.29, 0.717) is 6.42 Å². The second-order valence-corrected chi connectivity index (χ2v) is 5.05. The summed E-state index contributed by atoms with van der Waals surface area (Å²) in [7, 11) is 0. The number of unbranched alkanes of at least 4 members (excludes halogenated alkanes) is 5. The lowest BCUT2D eigenvalue weighted by atomic mass is 9.77. The summed E-state index contributed by atoms with van der Waals surface area (Å²) in [4.78, 5) is 34.4. The van der Waals surface area contributed by atoms with Crippen LogP contribution < -0.4 is 11.0 Å². The van der Waals surface area contributed by atoms with Crippen molar-refractivity contribution in [3.63, 3.8) is 0 Å². The molecule has 0 unspecified atom stereocenters. The van der Waals surface area contributed by atoms with Crippen molar-refractivity contribution < 1.29 is 29.9 Å². The highest BCUT2D eigenvalue weighted by atomic mass is 16.5. The molecule has 8 nitrogen and oxygen atoms in total. The van der Waals surface area contributed by atoms with Gasteiger partial charge in [0.2, 0.25) is 0 Å². The van der Waals surface area contributed by atoms with Crippen LogP contribution in [-0.2, 0) is 14.4 Å². The summed E-state index contributed by atoms with van der Waals surface area (Å²) in [5, 5.41) is 26.4. The molecule has 21 heavy (non-hydrogen) atoms. The Kier molecular flexibility index (Phi) is 9.31. The quantitative estimate of drug-likeness (QED) is 0.168. The average Bonchev–Trinajstić information content (AvgIpc) is 2.47. The zero-order valence-electron chi connectivity index (χ0n) is 12.2. The van der Waals surface area contributed by atoms with Crippen LogP contribution >= 0.6 is 0 Å². The van der Waals surface area contributed by atoms with E-state index in [2.05, 4.69) is 6.92 Å². The van der Waals surface area contributed by atoms with E-state index < -0.39 is 29.6 Å². The van der Waals surface area contributed by atoms with Crippen molar-refractivity contribution in [1.29, 1.82) is 0 Å². The number of rotatable bonds is 11. The smallest absolute Gasteiger partial charge is 0.304 e. The Morgan fingerprint density at radius 1 is 0.905 bits per heavy atom. The van der Waals surface area contributed by atoms with Gasteiger partial charge in [-0.3, -0.25) is 24.8 Å². The van der Waals surface area contributed by atoms with E-state index in [4.69, 9.17) is 15.5 Å². The summed E-state index contributed by atoms with van der Waals surface area (Å²) < 4.78 is 0. The minimum absolute atomic E-state index is 0.0653. The van der Waals surface area contributed by atoms with Gasteiger partial charge in [0.1, 0.15) is 5.41 Å². The van der Waals surface area contributed by atoms with Crippen molar-refractivity contribution >= 4 is 17.8 Å². The number of hydroxylamine groups is 2. The van der Waals surface area contributed by atoms with Crippen molar-refractivity contribution in [2.75, 3.05) is 0 Å². The second-order valence-electron chi connectivity index (χ2n) is 5.05. The first-order valence-electron chi connectivity index (χ1n) is 7.05. The molecule has 0 saturated heterocycles. The highest BCUT2D eigenvalue weighted by Gasteiger charge is 2.47. The van der Waals surface area contributed by atoms with Crippen LogP contribution in [0.3, 0.4) is 0 Å². The van der Waals surface area contributed by atoms with E-state index in [1.54, 1.807) is 0 Å². The van der Waals surface area contributed by atoms with E-state index in [1.165, 1.54) is 11.0 Å². The minimum atomic E-state index is -2.01. The average molecular weight is 304 g/mol. The Bertz CT molecular complexity index is 343. The van der Waals surface area contributed by atoms with Gasteiger partial charge in [-0.25, -0.2) is 11.0 Å². The van der Waals surface area contributed by atoms with Crippen LogP contribution in [0.25, 0.3) is 0 Å². The summed E-state index contributed by atoms with van der Waals surface area (Å²) in [5.41, 5.74) is 0.613. The van der Waals surface area contributed by atoms with Gasteiger partial charge in [0, 0.05) is 0 Å². The normalized spacial score (nSPS) is 11.0. The Morgan fingerprint density at radius 2 is 1.38 bits per heavy atom. The maximum atomic E-state index is 11.7. The number of carbonyl (C=O) groups is 3. The third-order valence-corrected chi connectivity index (χ3v) is 3.48. The predicted octanol–water partition coefficient (Wildman–Crippen LogP) is 1.21. The summed E-state index contributed by atoms with van der Waals surface area (Å²) in [5.74, 6) is -3.64. The molecule has 0 saturated carbocycles. The molecule has 0 heterocycles. The van der Waals surface area contributed by atoms with Crippen LogP contribution in [0.5, 0.6) is 0 Å². The Morgan fingerprint density at radius 3 is 1.81 bits per heavy atom. The van der Waals surface area contributed by atoms with Crippen molar-refractivity contribution in [1.82, 2.24) is 11.0 Å². The third-order valence-electron chi connectivity index (χ3n) is 3.48. The molecule has 0 aromatic heterocycles. The molecule has 0 aromatic carbocycles. The SMILES string of the molecule is CCCCCCCCC(CC(=O)O)(C(=O)NO)C(=O)NO.